The molecule has 0 radical (unpaired) electrons. The summed E-state index contributed by atoms with van der Waals surface area (Å²) in [5, 5.41) is 0. The monoisotopic (exact) mass is 222 g/mol. The second-order valence-corrected chi connectivity index (χ2v) is 4.71. The van der Waals surface area contributed by atoms with Crippen molar-refractivity contribution in [2.45, 2.75) is 39.9 Å². The zero-order valence-electron chi connectivity index (χ0n) is 10.2. The van der Waals surface area contributed by atoms with Gasteiger partial charge in [0.25, 0.3) is 0 Å². The highest BCUT2D eigenvalue weighted by Crippen LogP contribution is 2.34. The molecule has 3 nitrogen and oxygen atoms in total. The molecule has 3 heteroatoms. The fourth-order valence-electron chi connectivity index (χ4n) is 2.45. The number of carbonyl (C=O) groups is 1. The van der Waals surface area contributed by atoms with Crippen molar-refractivity contribution in [3.05, 3.63) is 23.7 Å². The molecule has 1 aliphatic rings. The summed E-state index contributed by atoms with van der Waals surface area (Å²) >= 11 is 0. The average molecular weight is 222 g/mol. The number of hydrogen-bond acceptors (Lipinski definition) is 3. The van der Waals surface area contributed by atoms with E-state index in [0.29, 0.717) is 5.76 Å². The van der Waals surface area contributed by atoms with Crippen molar-refractivity contribution < 1.29 is 13.9 Å². The summed E-state index contributed by atoms with van der Waals surface area (Å²) < 4.78 is 11.1. The number of carbonyl (C=O) groups excluding carboxylic acids is 1. The Morgan fingerprint density at radius 3 is 2.31 bits per heavy atom. The molecule has 0 aromatic carbocycles. The van der Waals surface area contributed by atoms with E-state index in [2.05, 4.69) is 6.92 Å². The van der Waals surface area contributed by atoms with E-state index in [9.17, 15) is 4.79 Å². The predicted octanol–water partition coefficient (Wildman–Crippen LogP) is 2.83. The van der Waals surface area contributed by atoms with Crippen LogP contribution in [-0.2, 0) is 4.74 Å². The lowest BCUT2D eigenvalue weighted by Gasteiger charge is -2.15. The van der Waals surface area contributed by atoms with Crippen LogP contribution in [-0.4, -0.2) is 18.0 Å². The summed E-state index contributed by atoms with van der Waals surface area (Å²) in [5.74, 6) is 1.46. The molecule has 0 spiro atoms. The van der Waals surface area contributed by atoms with Gasteiger partial charge in [-0.05, 0) is 38.8 Å². The quantitative estimate of drug-likeness (QED) is 0.722. The van der Waals surface area contributed by atoms with Gasteiger partial charge in [0.05, 0.1) is 18.1 Å². The molecule has 1 aliphatic heterocycles. The maximum absolute atomic E-state index is 12.3. The van der Waals surface area contributed by atoms with Gasteiger partial charge in [0.1, 0.15) is 5.76 Å². The number of rotatable bonds is 2. The molecule has 4 atom stereocenters. The summed E-state index contributed by atoms with van der Waals surface area (Å²) in [6.45, 7) is 7.88. The van der Waals surface area contributed by atoms with Crippen molar-refractivity contribution in [3.63, 3.8) is 0 Å². The lowest BCUT2D eigenvalue weighted by Crippen LogP contribution is -2.26. The molecule has 1 saturated heterocycles. The Bertz CT molecular complexity index is 394. The van der Waals surface area contributed by atoms with Crippen LogP contribution in [0.25, 0.3) is 0 Å². The summed E-state index contributed by atoms with van der Waals surface area (Å²) in [7, 11) is 0. The fourth-order valence-corrected chi connectivity index (χ4v) is 2.45. The first kappa shape index (κ1) is 11.4. The van der Waals surface area contributed by atoms with Gasteiger partial charge in [-0.3, -0.25) is 4.79 Å². The van der Waals surface area contributed by atoms with E-state index in [4.69, 9.17) is 9.15 Å². The van der Waals surface area contributed by atoms with Gasteiger partial charge in [-0.1, -0.05) is 6.92 Å². The van der Waals surface area contributed by atoms with E-state index in [-0.39, 0.29) is 29.8 Å². The van der Waals surface area contributed by atoms with Crippen molar-refractivity contribution in [1.82, 2.24) is 0 Å². The molecule has 0 aliphatic carbocycles. The standard InChI is InChI=1S/C13H18O3/c1-7-5-6-11(15-7)13(14)12-8(2)9(3)16-10(12)4/h5-6,8-10,12H,1-4H3. The summed E-state index contributed by atoms with van der Waals surface area (Å²) in [5.41, 5.74) is 0. The molecule has 0 saturated carbocycles. The molecule has 0 N–H and O–H groups in total. The van der Waals surface area contributed by atoms with Crippen molar-refractivity contribution in [1.29, 1.82) is 0 Å². The molecule has 16 heavy (non-hydrogen) atoms. The fraction of sp³-hybridized carbons (Fsp3) is 0.615. The Hall–Kier alpha value is -1.09. The minimum atomic E-state index is -0.0828. The van der Waals surface area contributed by atoms with Crippen molar-refractivity contribution in [3.8, 4) is 0 Å². The second-order valence-electron chi connectivity index (χ2n) is 4.71. The third-order valence-corrected chi connectivity index (χ3v) is 3.53. The van der Waals surface area contributed by atoms with E-state index < -0.39 is 0 Å². The maximum Gasteiger partial charge on any atom is 0.204 e. The minimum Gasteiger partial charge on any atom is -0.458 e. The van der Waals surface area contributed by atoms with E-state index in [1.165, 1.54) is 0 Å². The Morgan fingerprint density at radius 1 is 1.19 bits per heavy atom. The summed E-state index contributed by atoms with van der Waals surface area (Å²) in [4.78, 5) is 12.3. The Labute approximate surface area is 95.8 Å². The highest BCUT2D eigenvalue weighted by molar-refractivity contribution is 5.96. The van der Waals surface area contributed by atoms with Gasteiger partial charge in [0.15, 0.2) is 5.76 Å². The van der Waals surface area contributed by atoms with Crippen molar-refractivity contribution >= 4 is 5.78 Å². The van der Waals surface area contributed by atoms with Crippen LogP contribution in [0.3, 0.4) is 0 Å². The zero-order valence-corrected chi connectivity index (χ0v) is 10.2. The van der Waals surface area contributed by atoms with Gasteiger partial charge >= 0.3 is 0 Å². The van der Waals surface area contributed by atoms with Gasteiger partial charge < -0.3 is 9.15 Å². The van der Waals surface area contributed by atoms with E-state index >= 15 is 0 Å². The molecule has 4 unspecified atom stereocenters. The van der Waals surface area contributed by atoms with Crippen LogP contribution in [0.5, 0.6) is 0 Å². The number of ketones is 1. The maximum atomic E-state index is 12.3. The van der Waals surface area contributed by atoms with Crippen LogP contribution >= 0.6 is 0 Å². The van der Waals surface area contributed by atoms with Gasteiger partial charge in [-0.2, -0.15) is 0 Å². The van der Waals surface area contributed by atoms with Crippen LogP contribution in [0.2, 0.25) is 0 Å². The lowest BCUT2D eigenvalue weighted by atomic mass is 9.85. The van der Waals surface area contributed by atoms with Gasteiger partial charge in [0.2, 0.25) is 5.78 Å². The van der Waals surface area contributed by atoms with Crippen molar-refractivity contribution in [2.24, 2.45) is 11.8 Å². The smallest absolute Gasteiger partial charge is 0.204 e. The van der Waals surface area contributed by atoms with Crippen LogP contribution in [0.1, 0.15) is 37.1 Å². The van der Waals surface area contributed by atoms with E-state index in [1.807, 2.05) is 26.8 Å². The number of aryl methyl sites for hydroxylation is 1. The number of hydrogen-bond donors (Lipinski definition) is 0. The van der Waals surface area contributed by atoms with Gasteiger partial charge in [-0.15, -0.1) is 0 Å². The second kappa shape index (κ2) is 4.06. The predicted molar refractivity (Wildman–Crippen MR) is 60.4 cm³/mol. The van der Waals surface area contributed by atoms with Gasteiger partial charge in [-0.25, -0.2) is 0 Å². The Balaban J connectivity index is 2.22. The minimum absolute atomic E-state index is 0.0251. The first-order valence-corrected chi connectivity index (χ1v) is 5.77. The highest BCUT2D eigenvalue weighted by atomic mass is 16.5. The largest absolute Gasteiger partial charge is 0.458 e. The topological polar surface area (TPSA) is 39.4 Å². The number of ether oxygens (including phenoxy) is 1. The summed E-state index contributed by atoms with van der Waals surface area (Å²) in [6, 6.07) is 3.57. The SMILES string of the molecule is Cc1ccc(C(=O)C2C(C)OC(C)C2C)o1. The molecule has 2 rings (SSSR count). The third kappa shape index (κ3) is 1.80. The molecule has 2 heterocycles. The van der Waals surface area contributed by atoms with Crippen molar-refractivity contribution in [2.75, 3.05) is 0 Å². The van der Waals surface area contributed by atoms with Crippen LogP contribution < -0.4 is 0 Å². The molecular formula is C13H18O3. The molecular weight excluding hydrogens is 204 g/mol. The first-order valence-electron chi connectivity index (χ1n) is 5.77. The van der Waals surface area contributed by atoms with E-state index in [1.54, 1.807) is 6.07 Å². The molecule has 88 valence electrons. The highest BCUT2D eigenvalue weighted by Gasteiger charge is 2.42. The number of Topliss-reactive ketones (excluding diaryl/α,β-unsaturated/α-hetero) is 1. The molecule has 0 bridgehead atoms. The van der Waals surface area contributed by atoms with Crippen LogP contribution in [0, 0.1) is 18.8 Å². The molecule has 1 aromatic rings. The van der Waals surface area contributed by atoms with Crippen LogP contribution in [0.15, 0.2) is 16.5 Å². The molecule has 0 amide bonds. The lowest BCUT2D eigenvalue weighted by molar-refractivity contribution is 0.0484. The zero-order chi connectivity index (χ0) is 11.9. The Morgan fingerprint density at radius 2 is 1.88 bits per heavy atom. The van der Waals surface area contributed by atoms with Crippen LogP contribution in [0.4, 0.5) is 0 Å². The third-order valence-electron chi connectivity index (χ3n) is 3.53. The first-order chi connectivity index (χ1) is 7.50. The normalized spacial score (nSPS) is 34.2. The number of furan rings is 1. The Kier molecular flexibility index (Phi) is 2.89. The van der Waals surface area contributed by atoms with Gasteiger partial charge in [0, 0.05) is 0 Å². The van der Waals surface area contributed by atoms with E-state index in [0.717, 1.165) is 5.76 Å². The summed E-state index contributed by atoms with van der Waals surface area (Å²) in [6.07, 6.45) is 0.114. The average Bonchev–Trinajstić information content (AvgIpc) is 2.73. The molecule has 1 fully saturated rings. The molecule has 1 aromatic heterocycles.